The van der Waals surface area contributed by atoms with Gasteiger partial charge in [-0.05, 0) is 47.2 Å². The van der Waals surface area contributed by atoms with Crippen molar-refractivity contribution in [2.24, 2.45) is 5.73 Å². The number of rotatable bonds is 6. The summed E-state index contributed by atoms with van der Waals surface area (Å²) in [6, 6.07) is 19.1. The predicted octanol–water partition coefficient (Wildman–Crippen LogP) is 3.38. The molecule has 0 bridgehead atoms. The van der Waals surface area contributed by atoms with Crippen molar-refractivity contribution in [1.82, 2.24) is 10.2 Å². The van der Waals surface area contributed by atoms with Crippen LogP contribution in [0.5, 0.6) is 0 Å². The van der Waals surface area contributed by atoms with Gasteiger partial charge in [0.2, 0.25) is 5.91 Å². The molecule has 2 heterocycles. The van der Waals surface area contributed by atoms with E-state index in [1.54, 1.807) is 18.2 Å². The molecule has 148 valence electrons. The number of nitrogens with one attached hydrogen (secondary N) is 1. The first kappa shape index (κ1) is 19.4. The average molecular weight is 406 g/mol. The second-order valence-corrected chi connectivity index (χ2v) is 8.17. The SMILES string of the molecule is NC(=O)c1cccc(C(=O)NCC(c2ccccc2)N2CCc3sccc3C2)c1. The first-order valence-corrected chi connectivity index (χ1v) is 10.5. The first-order chi connectivity index (χ1) is 14.1. The Morgan fingerprint density at radius 1 is 1.07 bits per heavy atom. The highest BCUT2D eigenvalue weighted by molar-refractivity contribution is 7.10. The van der Waals surface area contributed by atoms with Gasteiger partial charge in [-0.15, -0.1) is 11.3 Å². The van der Waals surface area contributed by atoms with Crippen molar-refractivity contribution in [3.05, 3.63) is 93.2 Å². The zero-order valence-corrected chi connectivity index (χ0v) is 16.8. The highest BCUT2D eigenvalue weighted by Crippen LogP contribution is 2.30. The third-order valence-electron chi connectivity index (χ3n) is 5.33. The average Bonchev–Trinajstić information content (AvgIpc) is 3.22. The van der Waals surface area contributed by atoms with E-state index in [0.29, 0.717) is 17.7 Å². The highest BCUT2D eigenvalue weighted by Gasteiger charge is 2.26. The summed E-state index contributed by atoms with van der Waals surface area (Å²) in [6.07, 6.45) is 1.03. The van der Waals surface area contributed by atoms with Gasteiger partial charge in [-0.1, -0.05) is 36.4 Å². The van der Waals surface area contributed by atoms with E-state index in [9.17, 15) is 9.59 Å². The van der Waals surface area contributed by atoms with Crippen molar-refractivity contribution in [1.29, 1.82) is 0 Å². The molecular formula is C23H23N3O2S. The molecular weight excluding hydrogens is 382 g/mol. The van der Waals surface area contributed by atoms with Crippen LogP contribution in [0.1, 0.15) is 42.8 Å². The summed E-state index contributed by atoms with van der Waals surface area (Å²) < 4.78 is 0. The number of fused-ring (bicyclic) bond motifs is 1. The summed E-state index contributed by atoms with van der Waals surface area (Å²) in [5.41, 5.74) is 8.66. The standard InChI is InChI=1S/C23H23N3O2S/c24-22(27)17-7-4-8-18(13-17)23(28)25-14-20(16-5-2-1-3-6-16)26-11-9-21-19(15-26)10-12-29-21/h1-8,10,12-13,20H,9,11,14-15H2,(H2,24,27)(H,25,28). The molecule has 3 N–H and O–H groups in total. The van der Waals surface area contributed by atoms with Crippen molar-refractivity contribution in [3.63, 3.8) is 0 Å². The van der Waals surface area contributed by atoms with Crippen LogP contribution in [0.15, 0.2) is 66.0 Å². The van der Waals surface area contributed by atoms with Crippen molar-refractivity contribution in [2.75, 3.05) is 13.1 Å². The van der Waals surface area contributed by atoms with Crippen LogP contribution in [-0.4, -0.2) is 29.8 Å². The van der Waals surface area contributed by atoms with E-state index in [2.05, 4.69) is 33.8 Å². The molecule has 2 amide bonds. The van der Waals surface area contributed by atoms with Crippen molar-refractivity contribution in [2.45, 2.75) is 19.0 Å². The Kier molecular flexibility index (Phi) is 5.74. The molecule has 0 fully saturated rings. The van der Waals surface area contributed by atoms with Crippen LogP contribution in [0.25, 0.3) is 0 Å². The molecule has 6 heteroatoms. The Balaban J connectivity index is 1.51. The molecule has 1 aromatic heterocycles. The van der Waals surface area contributed by atoms with E-state index < -0.39 is 5.91 Å². The van der Waals surface area contributed by atoms with E-state index in [4.69, 9.17) is 5.73 Å². The lowest BCUT2D eigenvalue weighted by Crippen LogP contribution is -2.40. The largest absolute Gasteiger partial charge is 0.366 e. The maximum absolute atomic E-state index is 12.7. The molecule has 0 spiro atoms. The van der Waals surface area contributed by atoms with Gasteiger partial charge in [-0.25, -0.2) is 0 Å². The van der Waals surface area contributed by atoms with Crippen molar-refractivity contribution < 1.29 is 9.59 Å². The summed E-state index contributed by atoms with van der Waals surface area (Å²) in [7, 11) is 0. The number of amides is 2. The summed E-state index contributed by atoms with van der Waals surface area (Å²) >= 11 is 1.82. The molecule has 1 aliphatic heterocycles. The Labute approximate surface area is 174 Å². The molecule has 3 aromatic rings. The molecule has 2 aromatic carbocycles. The minimum absolute atomic E-state index is 0.0764. The zero-order valence-electron chi connectivity index (χ0n) is 16.0. The fraction of sp³-hybridized carbons (Fsp3) is 0.217. The molecule has 4 rings (SSSR count). The summed E-state index contributed by atoms with van der Waals surface area (Å²) in [6.45, 7) is 2.33. The molecule has 0 saturated heterocycles. The van der Waals surface area contributed by atoms with Crippen LogP contribution in [0.2, 0.25) is 0 Å². The van der Waals surface area contributed by atoms with Gasteiger partial charge < -0.3 is 11.1 Å². The van der Waals surface area contributed by atoms with Gasteiger partial charge in [0.05, 0.1) is 6.04 Å². The van der Waals surface area contributed by atoms with Crippen LogP contribution < -0.4 is 11.1 Å². The molecule has 1 aliphatic rings. The number of thiophene rings is 1. The molecule has 1 unspecified atom stereocenters. The number of nitrogens with two attached hydrogens (primary N) is 1. The first-order valence-electron chi connectivity index (χ1n) is 9.64. The van der Waals surface area contributed by atoms with Crippen LogP contribution >= 0.6 is 11.3 Å². The maximum Gasteiger partial charge on any atom is 0.251 e. The lowest BCUT2D eigenvalue weighted by atomic mass is 10.0. The van der Waals surface area contributed by atoms with Crippen LogP contribution in [-0.2, 0) is 13.0 Å². The minimum atomic E-state index is -0.540. The molecule has 0 saturated carbocycles. The number of benzene rings is 2. The number of hydrogen-bond donors (Lipinski definition) is 2. The number of nitrogens with zero attached hydrogens (tertiary/aromatic N) is 1. The summed E-state index contributed by atoms with van der Waals surface area (Å²) in [5, 5.41) is 5.20. The zero-order chi connectivity index (χ0) is 20.2. The number of carbonyl (C=O) groups excluding carboxylic acids is 2. The summed E-state index contributed by atoms with van der Waals surface area (Å²) in [5.74, 6) is -0.746. The van der Waals surface area contributed by atoms with Gasteiger partial charge in [0.25, 0.3) is 5.91 Å². The second-order valence-electron chi connectivity index (χ2n) is 7.17. The fourth-order valence-electron chi connectivity index (χ4n) is 3.77. The minimum Gasteiger partial charge on any atom is -0.366 e. The Morgan fingerprint density at radius 2 is 1.86 bits per heavy atom. The fourth-order valence-corrected chi connectivity index (χ4v) is 4.66. The van der Waals surface area contributed by atoms with Gasteiger partial charge >= 0.3 is 0 Å². The second kappa shape index (κ2) is 8.59. The molecule has 0 aliphatic carbocycles. The lowest BCUT2D eigenvalue weighted by molar-refractivity contribution is 0.0928. The highest BCUT2D eigenvalue weighted by atomic mass is 32.1. The van der Waals surface area contributed by atoms with Gasteiger partial charge in [0.1, 0.15) is 0 Å². The number of carbonyl (C=O) groups is 2. The quantitative estimate of drug-likeness (QED) is 0.660. The smallest absolute Gasteiger partial charge is 0.251 e. The number of hydrogen-bond acceptors (Lipinski definition) is 4. The van der Waals surface area contributed by atoms with Crippen LogP contribution in [0.3, 0.4) is 0 Å². The van der Waals surface area contributed by atoms with Gasteiger partial charge in [-0.3, -0.25) is 14.5 Å². The van der Waals surface area contributed by atoms with E-state index in [0.717, 1.165) is 19.5 Å². The topological polar surface area (TPSA) is 75.4 Å². The Bertz CT molecular complexity index is 1020. The third kappa shape index (κ3) is 4.39. The third-order valence-corrected chi connectivity index (χ3v) is 6.35. The monoisotopic (exact) mass is 405 g/mol. The normalized spacial score (nSPS) is 14.8. The maximum atomic E-state index is 12.7. The van der Waals surface area contributed by atoms with Gasteiger partial charge in [-0.2, -0.15) is 0 Å². The Hall–Kier alpha value is -2.96. The van der Waals surface area contributed by atoms with Crippen LogP contribution in [0.4, 0.5) is 0 Å². The molecule has 5 nitrogen and oxygen atoms in total. The Morgan fingerprint density at radius 3 is 2.66 bits per heavy atom. The van der Waals surface area contributed by atoms with E-state index >= 15 is 0 Å². The lowest BCUT2D eigenvalue weighted by Gasteiger charge is -2.35. The van der Waals surface area contributed by atoms with Crippen molar-refractivity contribution >= 4 is 23.2 Å². The van der Waals surface area contributed by atoms with Gasteiger partial charge in [0.15, 0.2) is 0 Å². The van der Waals surface area contributed by atoms with E-state index in [-0.39, 0.29) is 11.9 Å². The predicted molar refractivity (Wildman–Crippen MR) is 115 cm³/mol. The molecule has 29 heavy (non-hydrogen) atoms. The van der Waals surface area contributed by atoms with Crippen LogP contribution in [0, 0.1) is 0 Å². The van der Waals surface area contributed by atoms with Gasteiger partial charge in [0, 0.05) is 35.6 Å². The van der Waals surface area contributed by atoms with E-state index in [1.165, 1.54) is 22.1 Å². The van der Waals surface area contributed by atoms with Crippen molar-refractivity contribution in [3.8, 4) is 0 Å². The number of primary amides is 1. The van der Waals surface area contributed by atoms with E-state index in [1.807, 2.05) is 29.5 Å². The summed E-state index contributed by atoms with van der Waals surface area (Å²) in [4.78, 5) is 28.0. The molecule has 1 atom stereocenters. The molecule has 0 radical (unpaired) electrons.